The fourth-order valence-corrected chi connectivity index (χ4v) is 2.82. The molecule has 0 aliphatic heterocycles. The first kappa shape index (κ1) is 21.5. The molecule has 1 atom stereocenters. The molecule has 1 heterocycles. The van der Waals surface area contributed by atoms with Gasteiger partial charge in [0.2, 0.25) is 30.0 Å². The van der Waals surface area contributed by atoms with Crippen molar-refractivity contribution in [2.45, 2.75) is 31.6 Å². The minimum Gasteiger partial charge on any atom is -0.494 e. The number of nitrogens with zero attached hydrogens (tertiary/aromatic N) is 1. The van der Waals surface area contributed by atoms with Gasteiger partial charge >= 0.3 is 0 Å². The minimum absolute atomic E-state index is 0.0694. The number of amides is 1. The molecule has 3 rings (SSSR count). The molecule has 1 amide bonds. The van der Waals surface area contributed by atoms with Crippen LogP contribution in [0.3, 0.4) is 0 Å². The van der Waals surface area contributed by atoms with Crippen molar-refractivity contribution in [2.24, 2.45) is 5.92 Å². The van der Waals surface area contributed by atoms with Gasteiger partial charge in [0.1, 0.15) is 5.69 Å². The molecule has 5 nitrogen and oxygen atoms in total. The number of pyridine rings is 1. The molecule has 9 heteroatoms. The number of hydrogen-bond donors (Lipinski definition) is 2. The molecule has 0 spiro atoms. The van der Waals surface area contributed by atoms with Gasteiger partial charge in [-0.3, -0.25) is 10.0 Å². The molecule has 1 aromatic carbocycles. The summed E-state index contributed by atoms with van der Waals surface area (Å²) in [6.45, 7) is 0. The van der Waals surface area contributed by atoms with E-state index < -0.39 is 35.8 Å². The largest absolute Gasteiger partial charge is 0.494 e. The second-order valence-electron chi connectivity index (χ2n) is 6.37. The van der Waals surface area contributed by atoms with Gasteiger partial charge in [0.05, 0.1) is 7.11 Å². The maximum absolute atomic E-state index is 13.2. The molecule has 0 bridgehead atoms. The third kappa shape index (κ3) is 6.11. The van der Waals surface area contributed by atoms with Crippen LogP contribution in [0.4, 0.5) is 23.2 Å². The van der Waals surface area contributed by atoms with Crippen molar-refractivity contribution in [3.63, 3.8) is 0 Å². The lowest BCUT2D eigenvalue weighted by atomic mass is 9.86. The Morgan fingerprint density at radius 2 is 2.04 bits per heavy atom. The SMILES string of the molecule is COc1cccc(F)c1F.O=C(Nc1ccc[n+](O)c1)C1CCCC(F)(F)C1. The number of anilines is 1. The summed E-state index contributed by atoms with van der Waals surface area (Å²) in [5.74, 6) is -5.72. The first-order chi connectivity index (χ1) is 13.2. The van der Waals surface area contributed by atoms with Crippen molar-refractivity contribution in [3.8, 4) is 5.75 Å². The standard InChI is InChI=1S/C12H14F2N2O2.C7H6F2O/c13-12(14)5-1-3-9(7-12)11(17)15-10-4-2-6-16(18)8-10;1-10-6-4-2-3-5(8)7(6)9/h2,4,6,8-9H,1,3,5,7H2,(H-,15,17,18);2-4H,1H3/p+1. The Bertz CT molecular complexity index is 818. The van der Waals surface area contributed by atoms with E-state index in [1.165, 1.54) is 31.6 Å². The van der Waals surface area contributed by atoms with Crippen LogP contribution in [0.25, 0.3) is 0 Å². The predicted octanol–water partition coefficient (Wildman–Crippen LogP) is 3.95. The molecule has 1 aliphatic rings. The molecule has 0 radical (unpaired) electrons. The number of ether oxygens (including phenoxy) is 1. The smallest absolute Gasteiger partial charge is 0.248 e. The highest BCUT2D eigenvalue weighted by Gasteiger charge is 2.39. The lowest BCUT2D eigenvalue weighted by molar-refractivity contribution is -0.904. The van der Waals surface area contributed by atoms with Gasteiger partial charge in [-0.25, -0.2) is 13.2 Å². The highest BCUT2D eigenvalue weighted by Crippen LogP contribution is 2.37. The average molecular weight is 401 g/mol. The van der Waals surface area contributed by atoms with Crippen LogP contribution in [0, 0.1) is 17.6 Å². The molecule has 152 valence electrons. The summed E-state index contributed by atoms with van der Waals surface area (Å²) in [5.41, 5.74) is 0.388. The van der Waals surface area contributed by atoms with Crippen molar-refractivity contribution in [2.75, 3.05) is 12.4 Å². The van der Waals surface area contributed by atoms with Crippen LogP contribution in [0.1, 0.15) is 25.7 Å². The molecule has 2 N–H and O–H groups in total. The van der Waals surface area contributed by atoms with E-state index in [-0.39, 0.29) is 12.2 Å². The van der Waals surface area contributed by atoms with Crippen LogP contribution in [-0.4, -0.2) is 24.1 Å². The van der Waals surface area contributed by atoms with Crippen molar-refractivity contribution in [3.05, 3.63) is 54.4 Å². The van der Waals surface area contributed by atoms with Gasteiger partial charge in [-0.15, -0.1) is 0 Å². The van der Waals surface area contributed by atoms with Crippen molar-refractivity contribution in [1.82, 2.24) is 0 Å². The Kier molecular flexibility index (Phi) is 7.19. The van der Waals surface area contributed by atoms with Gasteiger partial charge in [0, 0.05) is 29.6 Å². The summed E-state index contributed by atoms with van der Waals surface area (Å²) in [6, 6.07) is 6.92. The first-order valence-corrected chi connectivity index (χ1v) is 8.59. The van der Waals surface area contributed by atoms with E-state index in [2.05, 4.69) is 10.1 Å². The molecule has 0 saturated heterocycles. The molecule has 1 aliphatic carbocycles. The number of carbonyl (C=O) groups is 1. The number of halogens is 4. The average Bonchev–Trinajstić information content (AvgIpc) is 2.64. The Labute approximate surface area is 159 Å². The third-order valence-corrected chi connectivity index (χ3v) is 4.20. The van der Waals surface area contributed by atoms with Gasteiger partial charge in [-0.05, 0) is 31.0 Å². The first-order valence-electron chi connectivity index (χ1n) is 8.59. The number of aromatic nitrogens is 1. The molecule has 2 aromatic rings. The predicted molar refractivity (Wildman–Crippen MR) is 92.3 cm³/mol. The normalized spacial score (nSPS) is 17.8. The molecule has 1 saturated carbocycles. The summed E-state index contributed by atoms with van der Waals surface area (Å²) in [7, 11) is 1.29. The summed E-state index contributed by atoms with van der Waals surface area (Å²) in [6.07, 6.45) is 3.00. The highest BCUT2D eigenvalue weighted by molar-refractivity contribution is 5.92. The van der Waals surface area contributed by atoms with Crippen molar-refractivity contribution >= 4 is 11.6 Å². The lowest BCUT2D eigenvalue weighted by Gasteiger charge is -2.27. The van der Waals surface area contributed by atoms with E-state index >= 15 is 0 Å². The molecule has 1 aromatic heterocycles. The fourth-order valence-electron chi connectivity index (χ4n) is 2.82. The Morgan fingerprint density at radius 1 is 1.29 bits per heavy atom. The van der Waals surface area contributed by atoms with Gasteiger partial charge < -0.3 is 10.1 Å². The number of nitrogens with one attached hydrogen (secondary N) is 1. The monoisotopic (exact) mass is 401 g/mol. The summed E-state index contributed by atoms with van der Waals surface area (Å²) < 4.78 is 56.5. The molecule has 1 fully saturated rings. The van der Waals surface area contributed by atoms with Crippen molar-refractivity contribution in [1.29, 1.82) is 0 Å². The molecular weight excluding hydrogens is 380 g/mol. The second-order valence-corrected chi connectivity index (χ2v) is 6.37. The number of methoxy groups -OCH3 is 1. The number of rotatable bonds is 3. The van der Waals surface area contributed by atoms with Gasteiger partial charge in [-0.1, -0.05) is 6.07 Å². The van der Waals surface area contributed by atoms with Gasteiger partial charge in [-0.2, -0.15) is 4.39 Å². The number of alkyl halides is 2. The van der Waals surface area contributed by atoms with E-state index in [9.17, 15) is 22.4 Å². The molecular formula is C19H21F4N2O3+. The van der Waals surface area contributed by atoms with Crippen LogP contribution in [0.2, 0.25) is 0 Å². The fraction of sp³-hybridized carbons (Fsp3) is 0.368. The second kappa shape index (κ2) is 9.38. The Morgan fingerprint density at radius 3 is 2.64 bits per heavy atom. The highest BCUT2D eigenvalue weighted by atomic mass is 19.3. The van der Waals surface area contributed by atoms with Gasteiger partial charge in [0.25, 0.3) is 0 Å². The summed E-state index contributed by atoms with van der Waals surface area (Å²) in [4.78, 5) is 11.8. The van der Waals surface area contributed by atoms with Gasteiger partial charge in [0.15, 0.2) is 11.6 Å². The number of benzene rings is 1. The molecule has 1 unspecified atom stereocenters. The quantitative estimate of drug-likeness (QED) is 0.465. The topological polar surface area (TPSA) is 62.4 Å². The molecule has 28 heavy (non-hydrogen) atoms. The maximum Gasteiger partial charge on any atom is 0.248 e. The zero-order chi connectivity index (χ0) is 20.7. The van der Waals surface area contributed by atoms with E-state index in [0.29, 0.717) is 18.5 Å². The van der Waals surface area contributed by atoms with Crippen LogP contribution in [0.15, 0.2) is 42.7 Å². The van der Waals surface area contributed by atoms with Crippen LogP contribution < -0.4 is 14.8 Å². The zero-order valence-corrected chi connectivity index (χ0v) is 15.2. The number of hydrogen-bond acceptors (Lipinski definition) is 3. The van der Waals surface area contributed by atoms with Crippen LogP contribution >= 0.6 is 0 Å². The van der Waals surface area contributed by atoms with Crippen LogP contribution in [0.5, 0.6) is 5.75 Å². The Hall–Kier alpha value is -2.84. The van der Waals surface area contributed by atoms with E-state index in [0.717, 1.165) is 10.8 Å². The number of carbonyl (C=O) groups excluding carboxylic acids is 1. The zero-order valence-electron chi connectivity index (χ0n) is 15.2. The Balaban J connectivity index is 0.000000237. The summed E-state index contributed by atoms with van der Waals surface area (Å²) in [5, 5.41) is 11.7. The minimum atomic E-state index is -2.74. The van der Waals surface area contributed by atoms with Crippen LogP contribution in [-0.2, 0) is 4.79 Å². The lowest BCUT2D eigenvalue weighted by Crippen LogP contribution is -2.34. The summed E-state index contributed by atoms with van der Waals surface area (Å²) >= 11 is 0. The maximum atomic E-state index is 13.2. The van der Waals surface area contributed by atoms with E-state index in [4.69, 9.17) is 5.21 Å². The van der Waals surface area contributed by atoms with E-state index in [1.807, 2.05) is 0 Å². The third-order valence-electron chi connectivity index (χ3n) is 4.20. The van der Waals surface area contributed by atoms with Crippen molar-refractivity contribution < 1.29 is 37.0 Å². The van der Waals surface area contributed by atoms with E-state index in [1.54, 1.807) is 12.1 Å².